The second-order valence-corrected chi connectivity index (χ2v) is 8.81. The maximum atomic E-state index is 12.8. The first-order chi connectivity index (χ1) is 15.0. The molecule has 0 N–H and O–H groups in total. The van der Waals surface area contributed by atoms with Crippen molar-refractivity contribution < 1.29 is 4.74 Å². The summed E-state index contributed by atoms with van der Waals surface area (Å²) < 4.78 is 9.49. The fourth-order valence-electron chi connectivity index (χ4n) is 3.58. The summed E-state index contributed by atoms with van der Waals surface area (Å²) >= 11 is 1.67. The van der Waals surface area contributed by atoms with Gasteiger partial charge in [0.1, 0.15) is 5.75 Å². The molecule has 31 heavy (non-hydrogen) atoms. The van der Waals surface area contributed by atoms with Gasteiger partial charge in [0.05, 0.1) is 29.3 Å². The molecule has 1 saturated carbocycles. The third-order valence-electron chi connectivity index (χ3n) is 5.53. The highest BCUT2D eigenvalue weighted by atomic mass is 32.2. The quantitative estimate of drug-likeness (QED) is 0.429. The molecular formula is C23H23N5O2S. The number of aryl methyl sites for hydroxylation is 2. The first-order valence-corrected chi connectivity index (χ1v) is 11.4. The van der Waals surface area contributed by atoms with Crippen molar-refractivity contribution >= 4 is 22.7 Å². The maximum Gasteiger partial charge on any atom is 0.261 e. The summed E-state index contributed by atoms with van der Waals surface area (Å²) in [7, 11) is 3.60. The lowest BCUT2D eigenvalue weighted by molar-refractivity contribution is 0.301. The first kappa shape index (κ1) is 19.8. The predicted molar refractivity (Wildman–Crippen MR) is 122 cm³/mol. The highest BCUT2D eigenvalue weighted by molar-refractivity contribution is 7.98. The zero-order valence-corrected chi connectivity index (χ0v) is 18.5. The minimum Gasteiger partial charge on any atom is -0.493 e. The molecule has 0 radical (unpaired) electrons. The Morgan fingerprint density at radius 1 is 1.16 bits per heavy atom. The summed E-state index contributed by atoms with van der Waals surface area (Å²) in [4.78, 5) is 23.2. The fourth-order valence-corrected chi connectivity index (χ4v) is 4.02. The van der Waals surface area contributed by atoms with E-state index in [1.54, 1.807) is 40.5 Å². The molecule has 0 bridgehead atoms. The molecule has 0 aliphatic heterocycles. The fraction of sp³-hybridized carbons (Fsp3) is 0.304. The van der Waals surface area contributed by atoms with Gasteiger partial charge in [-0.3, -0.25) is 9.48 Å². The molecule has 0 atom stereocenters. The monoisotopic (exact) mass is 433 g/mol. The van der Waals surface area contributed by atoms with E-state index >= 15 is 0 Å². The van der Waals surface area contributed by atoms with E-state index in [0.717, 1.165) is 27.3 Å². The smallest absolute Gasteiger partial charge is 0.261 e. The van der Waals surface area contributed by atoms with Crippen LogP contribution in [0, 0.1) is 5.92 Å². The van der Waals surface area contributed by atoms with Gasteiger partial charge in [0.15, 0.2) is 5.82 Å². The summed E-state index contributed by atoms with van der Waals surface area (Å²) in [5.41, 5.74) is 3.08. The normalized spacial score (nSPS) is 13.6. The van der Waals surface area contributed by atoms with Crippen LogP contribution < -0.4 is 10.3 Å². The molecule has 4 aromatic rings. The Kier molecular flexibility index (Phi) is 5.02. The molecule has 1 aromatic carbocycles. The molecule has 3 aromatic heterocycles. The number of fused-ring (bicyclic) bond motifs is 1. The van der Waals surface area contributed by atoms with Gasteiger partial charge >= 0.3 is 0 Å². The number of pyridine rings is 1. The van der Waals surface area contributed by atoms with E-state index in [9.17, 15) is 4.79 Å². The van der Waals surface area contributed by atoms with E-state index in [-0.39, 0.29) is 5.56 Å². The second-order valence-electron chi connectivity index (χ2n) is 7.93. The average Bonchev–Trinajstić information content (AvgIpc) is 3.52. The Balaban J connectivity index is 1.73. The van der Waals surface area contributed by atoms with Crippen LogP contribution >= 0.6 is 11.8 Å². The van der Waals surface area contributed by atoms with E-state index < -0.39 is 0 Å². The van der Waals surface area contributed by atoms with Crippen molar-refractivity contribution in [3.05, 3.63) is 53.3 Å². The minimum atomic E-state index is -0.127. The number of hydrogen-bond donors (Lipinski definition) is 0. The lowest BCUT2D eigenvalue weighted by atomic mass is 10.0. The molecule has 0 unspecified atom stereocenters. The van der Waals surface area contributed by atoms with Crippen LogP contribution in [0.3, 0.4) is 0 Å². The van der Waals surface area contributed by atoms with Crippen molar-refractivity contribution in [3.63, 3.8) is 0 Å². The Morgan fingerprint density at radius 2 is 2.00 bits per heavy atom. The van der Waals surface area contributed by atoms with E-state index in [0.29, 0.717) is 29.3 Å². The molecule has 0 saturated heterocycles. The van der Waals surface area contributed by atoms with Crippen LogP contribution in [0.5, 0.6) is 5.75 Å². The zero-order valence-electron chi connectivity index (χ0n) is 17.7. The van der Waals surface area contributed by atoms with Crippen molar-refractivity contribution in [2.75, 3.05) is 12.9 Å². The Morgan fingerprint density at radius 3 is 2.71 bits per heavy atom. The van der Waals surface area contributed by atoms with Crippen LogP contribution in [0.15, 0.2) is 52.7 Å². The van der Waals surface area contributed by atoms with Gasteiger partial charge in [-0.1, -0.05) is 0 Å². The summed E-state index contributed by atoms with van der Waals surface area (Å²) in [5.74, 6) is 1.99. The lowest BCUT2D eigenvalue weighted by Crippen LogP contribution is -2.17. The molecular weight excluding hydrogens is 410 g/mol. The molecule has 3 heterocycles. The van der Waals surface area contributed by atoms with Gasteiger partial charge in [-0.2, -0.15) is 5.10 Å². The van der Waals surface area contributed by atoms with Crippen molar-refractivity contribution in [2.45, 2.75) is 17.7 Å². The summed E-state index contributed by atoms with van der Waals surface area (Å²) in [6, 6.07) is 6.19. The topological polar surface area (TPSA) is 74.8 Å². The van der Waals surface area contributed by atoms with Gasteiger partial charge in [0.25, 0.3) is 5.56 Å². The molecule has 0 spiro atoms. The van der Waals surface area contributed by atoms with Crippen LogP contribution in [0.2, 0.25) is 0 Å². The standard InChI is InChI=1S/C23H23N5O2S/c1-27-12-19(17-8-16(31-3)6-7-20(17)30-13-14-4-5-14)21-18(23(27)29)10-24-22(26-21)15-9-25-28(2)11-15/h6-12,14H,4-5,13H2,1-3H3. The number of hydrogen-bond acceptors (Lipinski definition) is 6. The van der Waals surface area contributed by atoms with Gasteiger partial charge in [0.2, 0.25) is 0 Å². The van der Waals surface area contributed by atoms with Crippen molar-refractivity contribution in [3.8, 4) is 28.3 Å². The van der Waals surface area contributed by atoms with Gasteiger partial charge in [-0.15, -0.1) is 11.8 Å². The number of thioether (sulfide) groups is 1. The van der Waals surface area contributed by atoms with Crippen LogP contribution in [0.25, 0.3) is 33.4 Å². The largest absolute Gasteiger partial charge is 0.493 e. The van der Waals surface area contributed by atoms with Crippen molar-refractivity contribution in [2.24, 2.45) is 20.0 Å². The molecule has 8 heteroatoms. The van der Waals surface area contributed by atoms with Gasteiger partial charge in [-0.05, 0) is 43.2 Å². The van der Waals surface area contributed by atoms with Crippen LogP contribution in [0.1, 0.15) is 12.8 Å². The van der Waals surface area contributed by atoms with Crippen LogP contribution in [-0.2, 0) is 14.1 Å². The lowest BCUT2D eigenvalue weighted by Gasteiger charge is -2.15. The Bertz CT molecular complexity index is 1340. The van der Waals surface area contributed by atoms with Gasteiger partial charge in [-0.25, -0.2) is 9.97 Å². The van der Waals surface area contributed by atoms with E-state index in [1.165, 1.54) is 12.8 Å². The molecule has 1 aliphatic rings. The summed E-state index contributed by atoms with van der Waals surface area (Å²) in [6.45, 7) is 0.714. The zero-order chi connectivity index (χ0) is 21.5. The Labute approximate surface area is 184 Å². The molecule has 158 valence electrons. The molecule has 7 nitrogen and oxygen atoms in total. The predicted octanol–water partition coefficient (Wildman–Crippen LogP) is 3.91. The highest BCUT2D eigenvalue weighted by Crippen LogP contribution is 2.38. The molecule has 0 amide bonds. The molecule has 1 fully saturated rings. The maximum absolute atomic E-state index is 12.8. The number of benzene rings is 1. The summed E-state index contributed by atoms with van der Waals surface area (Å²) in [5, 5.41) is 4.70. The number of aromatic nitrogens is 5. The minimum absolute atomic E-state index is 0.127. The molecule has 5 rings (SSSR count). The van der Waals surface area contributed by atoms with E-state index in [1.807, 2.05) is 31.8 Å². The van der Waals surface area contributed by atoms with Crippen LogP contribution in [0.4, 0.5) is 0 Å². The first-order valence-electron chi connectivity index (χ1n) is 10.2. The third kappa shape index (κ3) is 3.83. The van der Waals surface area contributed by atoms with E-state index in [2.05, 4.69) is 22.2 Å². The number of ether oxygens (including phenoxy) is 1. The van der Waals surface area contributed by atoms with Crippen LogP contribution in [-0.4, -0.2) is 37.2 Å². The van der Waals surface area contributed by atoms with Gasteiger partial charge in [0, 0.05) is 48.7 Å². The summed E-state index contributed by atoms with van der Waals surface area (Å²) in [6.07, 6.45) is 11.5. The molecule has 1 aliphatic carbocycles. The van der Waals surface area contributed by atoms with Gasteiger partial charge < -0.3 is 9.30 Å². The van der Waals surface area contributed by atoms with E-state index in [4.69, 9.17) is 9.72 Å². The number of rotatable bonds is 6. The highest BCUT2D eigenvalue weighted by Gasteiger charge is 2.23. The van der Waals surface area contributed by atoms with Crippen molar-refractivity contribution in [1.82, 2.24) is 24.3 Å². The Hall–Kier alpha value is -3.13. The second kappa shape index (κ2) is 7.85. The average molecular weight is 434 g/mol. The SMILES string of the molecule is CSc1ccc(OCC2CC2)c(-c2cn(C)c(=O)c3cnc(-c4cnn(C)c4)nc23)c1. The number of nitrogens with zero attached hydrogens (tertiary/aromatic N) is 5. The van der Waals surface area contributed by atoms with Crippen molar-refractivity contribution in [1.29, 1.82) is 0 Å². The third-order valence-corrected chi connectivity index (χ3v) is 6.25.